The van der Waals surface area contributed by atoms with E-state index in [-0.39, 0.29) is 0 Å². The molecule has 1 fully saturated rings. The van der Waals surface area contributed by atoms with Gasteiger partial charge in [-0.2, -0.15) is 0 Å². The summed E-state index contributed by atoms with van der Waals surface area (Å²) >= 11 is 4.47. The summed E-state index contributed by atoms with van der Waals surface area (Å²) in [6, 6.07) is 0.521. The summed E-state index contributed by atoms with van der Waals surface area (Å²) in [5.41, 5.74) is 0. The first-order chi connectivity index (χ1) is 3.93. The Kier molecular flexibility index (Phi) is 2.19. The van der Waals surface area contributed by atoms with Crippen LogP contribution in [0.15, 0.2) is 4.99 Å². The molecule has 2 heteroatoms. The Morgan fingerprint density at radius 2 is 2.00 bits per heavy atom. The fourth-order valence-corrected chi connectivity index (χ4v) is 1.26. The van der Waals surface area contributed by atoms with Crippen LogP contribution >= 0.6 is 12.2 Å². The predicted octanol–water partition coefficient (Wildman–Crippen LogP) is 2.03. The van der Waals surface area contributed by atoms with Crippen LogP contribution < -0.4 is 0 Å². The van der Waals surface area contributed by atoms with Crippen LogP contribution in [-0.4, -0.2) is 11.2 Å². The molecule has 0 heterocycles. The molecular formula is C6H9NS. The lowest BCUT2D eigenvalue weighted by Crippen LogP contribution is -1.92. The third kappa shape index (κ3) is 1.39. The summed E-state index contributed by atoms with van der Waals surface area (Å²) in [5.74, 6) is 0. The fourth-order valence-electron chi connectivity index (χ4n) is 1.11. The van der Waals surface area contributed by atoms with Crippen LogP contribution in [0.4, 0.5) is 0 Å². The van der Waals surface area contributed by atoms with Gasteiger partial charge in [-0.15, -0.1) is 0 Å². The summed E-state index contributed by atoms with van der Waals surface area (Å²) in [7, 11) is 0. The molecule has 0 spiro atoms. The summed E-state index contributed by atoms with van der Waals surface area (Å²) in [6.07, 6.45) is 5.10. The van der Waals surface area contributed by atoms with Crippen molar-refractivity contribution in [2.24, 2.45) is 4.99 Å². The van der Waals surface area contributed by atoms with E-state index >= 15 is 0 Å². The van der Waals surface area contributed by atoms with E-state index in [9.17, 15) is 0 Å². The van der Waals surface area contributed by atoms with Gasteiger partial charge in [-0.1, -0.05) is 12.8 Å². The van der Waals surface area contributed by atoms with E-state index in [0.717, 1.165) is 0 Å². The smallest absolute Gasteiger partial charge is 0.0602 e. The van der Waals surface area contributed by atoms with Crippen molar-refractivity contribution in [2.75, 3.05) is 0 Å². The van der Waals surface area contributed by atoms with Crippen LogP contribution in [-0.2, 0) is 0 Å². The van der Waals surface area contributed by atoms with E-state index in [1.165, 1.54) is 25.7 Å². The molecule has 0 radical (unpaired) electrons. The summed E-state index contributed by atoms with van der Waals surface area (Å²) in [5, 5.41) is 2.42. The molecule has 0 unspecified atom stereocenters. The summed E-state index contributed by atoms with van der Waals surface area (Å²) in [4.78, 5) is 3.99. The molecule has 0 aromatic heterocycles. The lowest BCUT2D eigenvalue weighted by Gasteiger charge is -1.93. The molecular weight excluding hydrogens is 118 g/mol. The first-order valence-electron chi connectivity index (χ1n) is 3.00. The minimum Gasteiger partial charge on any atom is -0.229 e. The molecule has 8 heavy (non-hydrogen) atoms. The van der Waals surface area contributed by atoms with Crippen molar-refractivity contribution in [2.45, 2.75) is 31.7 Å². The van der Waals surface area contributed by atoms with Gasteiger partial charge in [0.2, 0.25) is 0 Å². The number of hydrogen-bond donors (Lipinski definition) is 0. The summed E-state index contributed by atoms with van der Waals surface area (Å²) < 4.78 is 0. The highest BCUT2D eigenvalue weighted by Crippen LogP contribution is 2.19. The molecule has 0 saturated heterocycles. The largest absolute Gasteiger partial charge is 0.229 e. The standard InChI is InChI=1S/C6H9NS/c8-5-7-6-3-1-2-4-6/h6H,1-4H2. The zero-order chi connectivity index (χ0) is 5.82. The van der Waals surface area contributed by atoms with Crippen molar-refractivity contribution in [1.82, 2.24) is 0 Å². The fraction of sp³-hybridized carbons (Fsp3) is 0.833. The normalized spacial score (nSPS) is 20.5. The minimum absolute atomic E-state index is 0.521. The molecule has 1 aliphatic rings. The van der Waals surface area contributed by atoms with E-state index in [0.29, 0.717) is 6.04 Å². The number of thiocarbonyl (C=S) groups is 1. The van der Waals surface area contributed by atoms with Crippen LogP contribution in [0.1, 0.15) is 25.7 Å². The SMILES string of the molecule is S=C=NC1CCCC1. The number of aliphatic imine (C=N–C) groups is 1. The second kappa shape index (κ2) is 2.95. The number of hydrogen-bond acceptors (Lipinski definition) is 2. The van der Waals surface area contributed by atoms with Crippen LogP contribution in [0, 0.1) is 0 Å². The first-order valence-corrected chi connectivity index (χ1v) is 3.41. The Labute approximate surface area is 54.8 Å². The summed E-state index contributed by atoms with van der Waals surface area (Å²) in [6.45, 7) is 0. The Balaban J connectivity index is 2.35. The number of rotatable bonds is 1. The van der Waals surface area contributed by atoms with Gasteiger partial charge in [0.05, 0.1) is 11.2 Å². The monoisotopic (exact) mass is 127 g/mol. The lowest BCUT2D eigenvalue weighted by atomic mass is 10.3. The maximum Gasteiger partial charge on any atom is 0.0602 e. The highest BCUT2D eigenvalue weighted by atomic mass is 32.1. The molecule has 0 bridgehead atoms. The Morgan fingerprint density at radius 1 is 1.38 bits per heavy atom. The average molecular weight is 127 g/mol. The molecule has 0 aromatic carbocycles. The number of isothiocyanates is 1. The van der Waals surface area contributed by atoms with Crippen molar-refractivity contribution in [3.05, 3.63) is 0 Å². The van der Waals surface area contributed by atoms with Crippen LogP contribution in [0.2, 0.25) is 0 Å². The molecule has 1 saturated carbocycles. The van der Waals surface area contributed by atoms with Gasteiger partial charge in [-0.3, -0.25) is 0 Å². The quantitative estimate of drug-likeness (QED) is 0.388. The molecule has 1 aliphatic carbocycles. The van der Waals surface area contributed by atoms with E-state index in [2.05, 4.69) is 22.4 Å². The van der Waals surface area contributed by atoms with E-state index < -0.39 is 0 Å². The Hall–Kier alpha value is -0.200. The van der Waals surface area contributed by atoms with Crippen LogP contribution in [0.5, 0.6) is 0 Å². The molecule has 44 valence electrons. The van der Waals surface area contributed by atoms with E-state index in [1.807, 2.05) is 0 Å². The van der Waals surface area contributed by atoms with Gasteiger partial charge in [-0.25, -0.2) is 4.99 Å². The molecule has 1 rings (SSSR count). The third-order valence-corrected chi connectivity index (χ3v) is 1.67. The average Bonchev–Trinajstić information content (AvgIpc) is 2.19. The zero-order valence-corrected chi connectivity index (χ0v) is 5.58. The molecule has 0 amide bonds. The highest BCUT2D eigenvalue weighted by molar-refractivity contribution is 7.78. The van der Waals surface area contributed by atoms with Crippen LogP contribution in [0.3, 0.4) is 0 Å². The van der Waals surface area contributed by atoms with E-state index in [4.69, 9.17) is 0 Å². The highest BCUT2D eigenvalue weighted by Gasteiger charge is 2.11. The van der Waals surface area contributed by atoms with Crippen LogP contribution in [0.25, 0.3) is 0 Å². The number of nitrogens with zero attached hydrogens (tertiary/aromatic N) is 1. The lowest BCUT2D eigenvalue weighted by molar-refractivity contribution is 0.712. The van der Waals surface area contributed by atoms with Crippen molar-refractivity contribution >= 4 is 17.4 Å². The minimum atomic E-state index is 0.521. The van der Waals surface area contributed by atoms with Crippen molar-refractivity contribution < 1.29 is 0 Å². The van der Waals surface area contributed by atoms with Gasteiger partial charge in [0, 0.05) is 0 Å². The molecule has 0 aromatic rings. The van der Waals surface area contributed by atoms with Gasteiger partial charge in [0.25, 0.3) is 0 Å². The Morgan fingerprint density at radius 3 is 2.50 bits per heavy atom. The Bertz CT molecular complexity index is 110. The van der Waals surface area contributed by atoms with Gasteiger partial charge < -0.3 is 0 Å². The van der Waals surface area contributed by atoms with Gasteiger partial charge in [0.1, 0.15) is 0 Å². The maximum atomic E-state index is 4.47. The topological polar surface area (TPSA) is 12.4 Å². The van der Waals surface area contributed by atoms with Gasteiger partial charge in [-0.05, 0) is 25.1 Å². The molecule has 0 N–H and O–H groups in total. The first kappa shape index (κ1) is 5.93. The third-order valence-electron chi connectivity index (χ3n) is 1.56. The molecule has 0 atom stereocenters. The maximum absolute atomic E-state index is 4.47. The second-order valence-corrected chi connectivity index (χ2v) is 2.34. The van der Waals surface area contributed by atoms with E-state index in [1.54, 1.807) is 0 Å². The second-order valence-electron chi connectivity index (χ2n) is 2.16. The molecule has 1 nitrogen and oxygen atoms in total. The van der Waals surface area contributed by atoms with Crippen molar-refractivity contribution in [1.29, 1.82) is 0 Å². The molecule has 0 aliphatic heterocycles. The predicted molar refractivity (Wildman–Crippen MR) is 37.3 cm³/mol. The van der Waals surface area contributed by atoms with Crippen molar-refractivity contribution in [3.8, 4) is 0 Å². The van der Waals surface area contributed by atoms with Gasteiger partial charge >= 0.3 is 0 Å². The van der Waals surface area contributed by atoms with Gasteiger partial charge in [0.15, 0.2) is 0 Å². The zero-order valence-electron chi connectivity index (χ0n) is 4.76. The van der Waals surface area contributed by atoms with Crippen molar-refractivity contribution in [3.63, 3.8) is 0 Å².